The van der Waals surface area contributed by atoms with Gasteiger partial charge in [0.2, 0.25) is 10.0 Å². The maximum absolute atomic E-state index is 11.4. The van der Waals surface area contributed by atoms with Gasteiger partial charge >= 0.3 is 0 Å². The van der Waals surface area contributed by atoms with Crippen LogP contribution in [-0.4, -0.2) is 39.0 Å². The zero-order chi connectivity index (χ0) is 21.0. The van der Waals surface area contributed by atoms with Crippen molar-refractivity contribution < 1.29 is 17.9 Å². The number of nitrogens with zero attached hydrogens (tertiary/aromatic N) is 1. The maximum atomic E-state index is 11.4. The number of nitrogens with one attached hydrogen (secondary N) is 1. The van der Waals surface area contributed by atoms with Crippen LogP contribution in [0.2, 0.25) is 0 Å². The van der Waals surface area contributed by atoms with Gasteiger partial charge < -0.3 is 19.8 Å². The van der Waals surface area contributed by atoms with Crippen molar-refractivity contribution in [1.29, 1.82) is 0 Å². The molecule has 3 N–H and O–H groups in total. The maximum Gasteiger partial charge on any atom is 0.211 e. The fourth-order valence-electron chi connectivity index (χ4n) is 3.30. The van der Waals surface area contributed by atoms with Gasteiger partial charge in [0.05, 0.1) is 29.8 Å². The summed E-state index contributed by atoms with van der Waals surface area (Å²) in [7, 11) is -1.55. The third-order valence-corrected chi connectivity index (χ3v) is 6.23. The van der Waals surface area contributed by atoms with E-state index >= 15 is 0 Å². The number of benzene rings is 2. The number of ether oxygens (including phenoxy) is 2. The molecule has 0 bridgehead atoms. The Hall–Kier alpha value is -2.71. The highest BCUT2D eigenvalue weighted by atomic mass is 32.2. The topological polar surface area (TPSA) is 95.6 Å². The highest BCUT2D eigenvalue weighted by molar-refractivity contribution is 7.89. The first-order valence-electron chi connectivity index (χ1n) is 9.56. The van der Waals surface area contributed by atoms with E-state index in [1.165, 1.54) is 0 Å². The summed E-state index contributed by atoms with van der Waals surface area (Å²) in [5, 5.41) is 0.992. The molecule has 0 saturated carbocycles. The fraction of sp³-hybridized carbons (Fsp3) is 0.333. The SMILES string of the molecule is CCn1c(-c2ccc(OCCNS(=O)(=O)CC)cc2)c(N)c2ccc(OC)cc21. The van der Waals surface area contributed by atoms with Crippen molar-refractivity contribution in [2.24, 2.45) is 0 Å². The summed E-state index contributed by atoms with van der Waals surface area (Å²) in [5.74, 6) is 1.52. The number of aryl methyl sites for hydroxylation is 1. The Kier molecular flexibility index (Phi) is 6.34. The Bertz CT molecular complexity index is 1090. The Morgan fingerprint density at radius 1 is 1.07 bits per heavy atom. The predicted octanol–water partition coefficient (Wildman–Crippen LogP) is 3.24. The number of anilines is 1. The molecule has 156 valence electrons. The Labute approximate surface area is 171 Å². The van der Waals surface area contributed by atoms with Crippen molar-refractivity contribution >= 4 is 26.6 Å². The van der Waals surface area contributed by atoms with Gasteiger partial charge in [0.25, 0.3) is 0 Å². The summed E-state index contributed by atoms with van der Waals surface area (Å²) in [6.07, 6.45) is 0. The molecule has 1 aromatic heterocycles. The predicted molar refractivity (Wildman–Crippen MR) is 117 cm³/mol. The van der Waals surface area contributed by atoms with Crippen molar-refractivity contribution in [2.45, 2.75) is 20.4 Å². The molecule has 0 radical (unpaired) electrons. The lowest BCUT2D eigenvalue weighted by Crippen LogP contribution is -2.29. The second-order valence-corrected chi connectivity index (χ2v) is 8.66. The third kappa shape index (κ3) is 4.49. The molecule has 0 aliphatic rings. The molecular weight excluding hydrogens is 390 g/mol. The first-order valence-corrected chi connectivity index (χ1v) is 11.2. The van der Waals surface area contributed by atoms with Crippen LogP contribution >= 0.6 is 0 Å². The molecule has 0 aliphatic carbocycles. The number of nitrogens with two attached hydrogens (primary N) is 1. The van der Waals surface area contributed by atoms with Crippen molar-refractivity contribution in [3.8, 4) is 22.8 Å². The molecule has 0 atom stereocenters. The highest BCUT2D eigenvalue weighted by Crippen LogP contribution is 2.38. The molecule has 0 amide bonds. The second kappa shape index (κ2) is 8.75. The minimum Gasteiger partial charge on any atom is -0.497 e. The minimum absolute atomic E-state index is 0.0560. The zero-order valence-corrected chi connectivity index (χ0v) is 17.8. The van der Waals surface area contributed by atoms with E-state index in [0.717, 1.165) is 40.1 Å². The van der Waals surface area contributed by atoms with Crippen LogP contribution in [0.1, 0.15) is 13.8 Å². The number of aromatic nitrogens is 1. The number of fused-ring (bicyclic) bond motifs is 1. The lowest BCUT2D eigenvalue weighted by molar-refractivity contribution is 0.323. The van der Waals surface area contributed by atoms with E-state index in [4.69, 9.17) is 15.2 Å². The molecule has 0 spiro atoms. The van der Waals surface area contributed by atoms with Gasteiger partial charge in [-0.2, -0.15) is 0 Å². The number of sulfonamides is 1. The van der Waals surface area contributed by atoms with Crippen LogP contribution in [0.4, 0.5) is 5.69 Å². The third-order valence-electron chi connectivity index (χ3n) is 4.83. The number of nitrogen functional groups attached to an aromatic ring is 1. The first-order chi connectivity index (χ1) is 13.9. The molecule has 29 heavy (non-hydrogen) atoms. The van der Waals surface area contributed by atoms with Crippen LogP contribution in [0.25, 0.3) is 22.2 Å². The minimum atomic E-state index is -3.20. The van der Waals surface area contributed by atoms with E-state index in [1.807, 2.05) is 42.5 Å². The van der Waals surface area contributed by atoms with E-state index in [2.05, 4.69) is 16.2 Å². The van der Waals surface area contributed by atoms with Crippen LogP contribution in [0.15, 0.2) is 42.5 Å². The monoisotopic (exact) mass is 417 g/mol. The number of hydrogen-bond acceptors (Lipinski definition) is 5. The second-order valence-electron chi connectivity index (χ2n) is 6.56. The van der Waals surface area contributed by atoms with E-state index < -0.39 is 10.0 Å². The van der Waals surface area contributed by atoms with Crippen molar-refractivity contribution in [3.63, 3.8) is 0 Å². The normalized spacial score (nSPS) is 11.7. The summed E-state index contributed by atoms with van der Waals surface area (Å²) in [5.41, 5.74) is 10.2. The molecule has 0 fully saturated rings. The molecule has 7 nitrogen and oxygen atoms in total. The summed E-state index contributed by atoms with van der Waals surface area (Å²) in [6.45, 7) is 4.94. The van der Waals surface area contributed by atoms with Gasteiger partial charge in [-0.1, -0.05) is 0 Å². The highest BCUT2D eigenvalue weighted by Gasteiger charge is 2.16. The standard InChI is InChI=1S/C21H27N3O4S/c1-4-24-19-14-17(27-3)10-11-18(19)20(22)21(24)15-6-8-16(9-7-15)28-13-12-23-29(25,26)5-2/h6-11,14,23H,4-5,12-13,22H2,1-3H3. The van der Waals surface area contributed by atoms with E-state index in [9.17, 15) is 8.42 Å². The van der Waals surface area contributed by atoms with Gasteiger partial charge in [-0.15, -0.1) is 0 Å². The largest absolute Gasteiger partial charge is 0.497 e. The molecule has 1 heterocycles. The number of methoxy groups -OCH3 is 1. The Morgan fingerprint density at radius 2 is 1.76 bits per heavy atom. The molecule has 8 heteroatoms. The van der Waals surface area contributed by atoms with E-state index in [0.29, 0.717) is 5.75 Å². The van der Waals surface area contributed by atoms with Gasteiger partial charge in [0.1, 0.15) is 18.1 Å². The van der Waals surface area contributed by atoms with Crippen LogP contribution in [-0.2, 0) is 16.6 Å². The summed E-state index contributed by atoms with van der Waals surface area (Å²) < 4.78 is 38.5. The Morgan fingerprint density at radius 3 is 2.38 bits per heavy atom. The van der Waals surface area contributed by atoms with Gasteiger partial charge in [-0.05, 0) is 50.2 Å². The Balaban J connectivity index is 1.81. The van der Waals surface area contributed by atoms with Crippen molar-refractivity contribution in [3.05, 3.63) is 42.5 Å². The summed E-state index contributed by atoms with van der Waals surface area (Å²) in [6, 6.07) is 13.5. The van der Waals surface area contributed by atoms with E-state index in [1.54, 1.807) is 14.0 Å². The quantitative estimate of drug-likeness (QED) is 0.521. The molecular formula is C21H27N3O4S. The molecule has 3 rings (SSSR count). The zero-order valence-electron chi connectivity index (χ0n) is 16.9. The van der Waals surface area contributed by atoms with Crippen LogP contribution in [0, 0.1) is 0 Å². The van der Waals surface area contributed by atoms with Crippen LogP contribution in [0.3, 0.4) is 0 Å². The van der Waals surface area contributed by atoms with Gasteiger partial charge in [0, 0.05) is 30.1 Å². The average Bonchev–Trinajstić information content (AvgIpc) is 3.02. The van der Waals surface area contributed by atoms with Crippen molar-refractivity contribution in [1.82, 2.24) is 9.29 Å². The van der Waals surface area contributed by atoms with Crippen LogP contribution in [0.5, 0.6) is 11.5 Å². The summed E-state index contributed by atoms with van der Waals surface area (Å²) >= 11 is 0. The number of hydrogen-bond donors (Lipinski definition) is 2. The molecule has 3 aromatic rings. The van der Waals surface area contributed by atoms with E-state index in [-0.39, 0.29) is 18.9 Å². The molecule has 0 saturated heterocycles. The van der Waals surface area contributed by atoms with Crippen molar-refractivity contribution in [2.75, 3.05) is 31.7 Å². The first kappa shape index (κ1) is 21.0. The lowest BCUT2D eigenvalue weighted by atomic mass is 10.1. The molecule has 0 unspecified atom stereocenters. The lowest BCUT2D eigenvalue weighted by Gasteiger charge is -2.11. The summed E-state index contributed by atoms with van der Waals surface area (Å²) in [4.78, 5) is 0. The fourth-order valence-corrected chi connectivity index (χ4v) is 3.90. The molecule has 0 aliphatic heterocycles. The van der Waals surface area contributed by atoms with Gasteiger partial charge in [-0.3, -0.25) is 0 Å². The molecule has 2 aromatic carbocycles. The average molecular weight is 418 g/mol. The number of rotatable bonds is 9. The van der Waals surface area contributed by atoms with Gasteiger partial charge in [0.15, 0.2) is 0 Å². The van der Waals surface area contributed by atoms with Gasteiger partial charge in [-0.25, -0.2) is 13.1 Å². The van der Waals surface area contributed by atoms with Crippen LogP contribution < -0.4 is 19.9 Å². The smallest absolute Gasteiger partial charge is 0.211 e.